The average Bonchev–Trinajstić information content (AvgIpc) is 3.31. The molecule has 0 saturated heterocycles. The highest BCUT2D eigenvalue weighted by Crippen LogP contribution is 2.26. The van der Waals surface area contributed by atoms with Crippen LogP contribution >= 0.6 is 0 Å². The van der Waals surface area contributed by atoms with Gasteiger partial charge in [-0.3, -0.25) is 4.57 Å². The molecule has 0 aliphatic heterocycles. The van der Waals surface area contributed by atoms with E-state index in [1.54, 1.807) is 19.6 Å². The fourth-order valence-corrected chi connectivity index (χ4v) is 4.22. The number of nitrogens with zero attached hydrogens (tertiary/aromatic N) is 4. The Morgan fingerprint density at radius 2 is 1.86 bits per heavy atom. The van der Waals surface area contributed by atoms with Crippen LogP contribution in [0.3, 0.4) is 0 Å². The Bertz CT molecular complexity index is 1460. The molecule has 0 bridgehead atoms. The van der Waals surface area contributed by atoms with Crippen molar-refractivity contribution < 1.29 is 7.59 Å². The zero-order valence-electron chi connectivity index (χ0n) is 20.1. The van der Waals surface area contributed by atoms with E-state index >= 15 is 0 Å². The van der Waals surface area contributed by atoms with Gasteiger partial charge >= 0.3 is 0 Å². The predicted octanol–water partition coefficient (Wildman–Crippen LogP) is 6.41. The summed E-state index contributed by atoms with van der Waals surface area (Å²) < 4.78 is 7.55. The van der Waals surface area contributed by atoms with Crippen LogP contribution in [0.4, 0.5) is 11.6 Å². The molecule has 5 aromatic rings. The van der Waals surface area contributed by atoms with E-state index in [4.69, 9.17) is 9.72 Å². The van der Waals surface area contributed by atoms with E-state index in [9.17, 15) is 0 Å². The highest BCUT2D eigenvalue weighted by molar-refractivity contribution is 5.81. The van der Waals surface area contributed by atoms with E-state index < -0.39 is 0 Å². The molecule has 0 radical (unpaired) electrons. The van der Waals surface area contributed by atoms with Gasteiger partial charge in [-0.2, -0.15) is 4.98 Å². The molecule has 2 heterocycles. The molecule has 180 valence electrons. The molecule has 0 aliphatic rings. The van der Waals surface area contributed by atoms with Gasteiger partial charge in [0.05, 0.1) is 24.2 Å². The van der Waals surface area contributed by atoms with Gasteiger partial charge in [0.2, 0.25) is 5.95 Å². The molecule has 35 heavy (non-hydrogen) atoms. The molecule has 0 unspecified atom stereocenters. The number of aromatic nitrogens is 4. The number of ether oxygens (including phenoxy) is 1. The minimum Gasteiger partial charge on any atom is -0.496 e. The minimum atomic E-state index is 0. The smallest absolute Gasteiger partial charge is 0.225 e. The van der Waals surface area contributed by atoms with Crippen LogP contribution in [-0.2, 0) is 6.54 Å². The maximum absolute atomic E-state index is 5.57. The Balaban J connectivity index is 0.00000190. The van der Waals surface area contributed by atoms with E-state index in [2.05, 4.69) is 70.8 Å². The Morgan fingerprint density at radius 3 is 2.69 bits per heavy atom. The van der Waals surface area contributed by atoms with Gasteiger partial charge in [0.1, 0.15) is 17.9 Å². The number of nitrogens with one attached hydrogen (secondary N) is 2. The van der Waals surface area contributed by atoms with Crippen LogP contribution in [0.15, 0.2) is 85.3 Å². The lowest BCUT2D eigenvalue weighted by atomic mass is 10.1. The Morgan fingerprint density at radius 1 is 1.00 bits per heavy atom. The maximum atomic E-state index is 5.57. The second-order valence-corrected chi connectivity index (χ2v) is 8.45. The van der Waals surface area contributed by atoms with Crippen molar-refractivity contribution in [2.75, 3.05) is 17.7 Å². The summed E-state index contributed by atoms with van der Waals surface area (Å²) in [5.41, 5.74) is 6.27. The molecule has 3 aromatic carbocycles. The van der Waals surface area contributed by atoms with Crippen molar-refractivity contribution in [3.05, 3.63) is 102 Å². The highest BCUT2D eigenvalue weighted by atomic mass is 16.5. The lowest BCUT2D eigenvalue weighted by Crippen LogP contribution is -2.10. The molecule has 0 spiro atoms. The summed E-state index contributed by atoms with van der Waals surface area (Å²) >= 11 is 0. The molecule has 0 saturated carbocycles. The lowest BCUT2D eigenvalue weighted by Gasteiger charge is -2.15. The number of benzene rings is 3. The van der Waals surface area contributed by atoms with Gasteiger partial charge in [-0.05, 0) is 49.2 Å². The number of fused-ring (bicyclic) bond motifs is 1. The number of hydrogen-bond donors (Lipinski definition) is 2. The second-order valence-electron chi connectivity index (χ2n) is 8.45. The maximum Gasteiger partial charge on any atom is 0.225 e. The molecule has 1 atom stereocenters. The van der Waals surface area contributed by atoms with Gasteiger partial charge < -0.3 is 15.4 Å². The number of rotatable bonds is 8. The summed E-state index contributed by atoms with van der Waals surface area (Å²) in [6.45, 7) is 4.81. The Kier molecular flexibility index (Phi) is 6.30. The summed E-state index contributed by atoms with van der Waals surface area (Å²) in [6.07, 6.45) is 3.56. The Hall–Kier alpha value is -4.39. The van der Waals surface area contributed by atoms with Crippen LogP contribution in [-0.4, -0.2) is 26.6 Å². The summed E-state index contributed by atoms with van der Waals surface area (Å²) in [5.74, 6) is 2.25. The van der Waals surface area contributed by atoms with Crippen LogP contribution < -0.4 is 15.4 Å². The van der Waals surface area contributed by atoms with Crippen LogP contribution in [0.25, 0.3) is 16.9 Å². The van der Waals surface area contributed by atoms with Crippen molar-refractivity contribution in [1.29, 1.82) is 0 Å². The van der Waals surface area contributed by atoms with E-state index in [0.717, 1.165) is 39.4 Å². The summed E-state index contributed by atoms with van der Waals surface area (Å²) in [5, 5.41) is 6.87. The number of methoxy groups -OCH3 is 1. The van der Waals surface area contributed by atoms with Crippen molar-refractivity contribution >= 4 is 22.7 Å². The first-order valence-corrected chi connectivity index (χ1v) is 11.6. The van der Waals surface area contributed by atoms with Crippen LogP contribution in [0, 0.1) is 6.92 Å². The van der Waals surface area contributed by atoms with Crippen LogP contribution in [0.1, 0.15) is 32.5 Å². The largest absolute Gasteiger partial charge is 0.496 e. The van der Waals surface area contributed by atoms with Crippen LogP contribution in [0.2, 0.25) is 0 Å². The summed E-state index contributed by atoms with van der Waals surface area (Å²) in [4.78, 5) is 13.7. The molecule has 2 aromatic heterocycles. The first kappa shape index (κ1) is 22.4. The standard InChI is InChI=1S/C28H28N6O.2H2/c1-19-8-7-11-22(27(19)35-3)17-30-23-12-13-25-24(16-23)31-18-34(25)26-14-15-29-28(33-26)32-20(2)21-9-5-4-6-10-21;;/h4-16,18,20,30H,17H2,1-3H3,(H,29,32,33);2*1H/t20-;;/m0../s1. The highest BCUT2D eigenvalue weighted by Gasteiger charge is 2.11. The first-order chi connectivity index (χ1) is 17.1. The third kappa shape index (κ3) is 4.80. The molecule has 2 N–H and O–H groups in total. The van der Waals surface area contributed by atoms with Crippen molar-refractivity contribution in [1.82, 2.24) is 19.5 Å². The van der Waals surface area contributed by atoms with Crippen molar-refractivity contribution in [3.63, 3.8) is 0 Å². The van der Waals surface area contributed by atoms with E-state index in [1.807, 2.05) is 41.0 Å². The fraction of sp³-hybridized carbons (Fsp3) is 0.179. The van der Waals surface area contributed by atoms with E-state index in [1.165, 1.54) is 5.56 Å². The molecule has 7 heteroatoms. The van der Waals surface area contributed by atoms with Gasteiger partial charge in [0.15, 0.2) is 0 Å². The fourth-order valence-electron chi connectivity index (χ4n) is 4.22. The van der Waals surface area contributed by atoms with Gasteiger partial charge in [-0.1, -0.05) is 48.5 Å². The molecule has 0 aliphatic carbocycles. The summed E-state index contributed by atoms with van der Waals surface area (Å²) in [6, 6.07) is 24.6. The van der Waals surface area contributed by atoms with Crippen molar-refractivity contribution in [3.8, 4) is 11.6 Å². The third-order valence-corrected chi connectivity index (χ3v) is 6.06. The normalized spacial score (nSPS) is 11.9. The monoisotopic (exact) mass is 468 g/mol. The summed E-state index contributed by atoms with van der Waals surface area (Å²) in [7, 11) is 1.71. The van der Waals surface area contributed by atoms with E-state index in [-0.39, 0.29) is 8.90 Å². The second kappa shape index (κ2) is 9.85. The number of hydrogen-bond acceptors (Lipinski definition) is 6. The Labute approximate surface area is 207 Å². The number of imidazole rings is 1. The molecule has 7 nitrogen and oxygen atoms in total. The molecule has 0 amide bonds. The van der Waals surface area contributed by atoms with Crippen molar-refractivity contribution in [2.45, 2.75) is 26.4 Å². The SMILES string of the molecule is COc1c(C)cccc1CNc1ccc2c(c1)ncn2-c1ccnc(N[C@@H](C)c2ccccc2)n1.[HH].[HH]. The zero-order chi connectivity index (χ0) is 24.2. The molecule has 5 rings (SSSR count). The van der Waals surface area contributed by atoms with Gasteiger partial charge in [0, 0.05) is 26.8 Å². The molecular weight excluding hydrogens is 436 g/mol. The zero-order valence-corrected chi connectivity index (χ0v) is 20.1. The number of aryl methyl sites for hydroxylation is 1. The minimum absolute atomic E-state index is 0. The topological polar surface area (TPSA) is 76.9 Å². The van der Waals surface area contributed by atoms with Gasteiger partial charge in [0.25, 0.3) is 0 Å². The van der Waals surface area contributed by atoms with E-state index in [0.29, 0.717) is 12.5 Å². The number of anilines is 2. The third-order valence-electron chi connectivity index (χ3n) is 6.06. The quantitative estimate of drug-likeness (QED) is 0.274. The molecule has 0 fully saturated rings. The predicted molar refractivity (Wildman–Crippen MR) is 144 cm³/mol. The van der Waals surface area contributed by atoms with Gasteiger partial charge in [-0.15, -0.1) is 0 Å². The number of para-hydroxylation sites is 1. The average molecular weight is 469 g/mol. The van der Waals surface area contributed by atoms with Crippen LogP contribution in [0.5, 0.6) is 5.75 Å². The van der Waals surface area contributed by atoms with Gasteiger partial charge in [-0.25, -0.2) is 9.97 Å². The molecular formula is C28H32N6O. The first-order valence-electron chi connectivity index (χ1n) is 11.6. The lowest BCUT2D eigenvalue weighted by molar-refractivity contribution is 0.407. The van der Waals surface area contributed by atoms with Crippen molar-refractivity contribution in [2.24, 2.45) is 0 Å².